The number of piperidine rings is 1. The maximum Gasteiger partial charge on any atom is 0.344 e. The van der Waals surface area contributed by atoms with E-state index in [1.54, 1.807) is 36.5 Å². The highest BCUT2D eigenvalue weighted by Gasteiger charge is 2.27. The third kappa shape index (κ3) is 4.41. The fourth-order valence-corrected chi connectivity index (χ4v) is 4.96. The standard InChI is InChI=1S/C21H22N8O4S/c22-20-19-16(26-34(31,32)27-20)4-1-5-17(19)33-11-14-3-2-8-28(10-14)21(30)15-6-7-24-18(9-15)29-13-23-12-25-29/h1,4-7,9,12-14,26H,2-3,8,10-11H2,(H2,22,27). The topological polar surface area (TPSA) is 158 Å². The Morgan fingerprint density at radius 2 is 2.18 bits per heavy atom. The zero-order chi connectivity index (χ0) is 23.7. The Balaban J connectivity index is 1.27. The van der Waals surface area contributed by atoms with E-state index in [2.05, 4.69) is 24.2 Å². The smallest absolute Gasteiger partial charge is 0.344 e. The monoisotopic (exact) mass is 482 g/mol. The van der Waals surface area contributed by atoms with Crippen LogP contribution in [0.15, 0.2) is 53.6 Å². The van der Waals surface area contributed by atoms with Crippen LogP contribution in [0, 0.1) is 5.92 Å². The number of nitrogens with one attached hydrogen (secondary N) is 1. The second kappa shape index (κ2) is 8.74. The largest absolute Gasteiger partial charge is 0.492 e. The summed E-state index contributed by atoms with van der Waals surface area (Å²) in [5, 5.41) is 4.05. The molecule has 2 aromatic heterocycles. The number of aromatic nitrogens is 4. The van der Waals surface area contributed by atoms with E-state index in [-0.39, 0.29) is 17.7 Å². The summed E-state index contributed by atoms with van der Waals surface area (Å²) < 4.78 is 36.9. The highest BCUT2D eigenvalue weighted by Crippen LogP contribution is 2.31. The molecule has 3 N–H and O–H groups in total. The summed E-state index contributed by atoms with van der Waals surface area (Å²) in [4.78, 5) is 23.1. The number of ether oxygens (including phenoxy) is 1. The van der Waals surface area contributed by atoms with Crippen LogP contribution >= 0.6 is 0 Å². The third-order valence-electron chi connectivity index (χ3n) is 5.67. The molecule has 0 bridgehead atoms. The molecule has 12 nitrogen and oxygen atoms in total. The molecule has 1 aromatic carbocycles. The first kappa shape index (κ1) is 21.8. The molecular formula is C21H22N8O4S. The van der Waals surface area contributed by atoms with Gasteiger partial charge in [-0.3, -0.25) is 9.52 Å². The summed E-state index contributed by atoms with van der Waals surface area (Å²) in [7, 11) is -3.86. The predicted molar refractivity (Wildman–Crippen MR) is 123 cm³/mol. The molecule has 0 radical (unpaired) electrons. The SMILES string of the molecule is NC1=NS(=O)(=O)Nc2cccc(OCC3CCCN(C(=O)c4ccnc(-n5cncn5)c4)C3)c21. The van der Waals surface area contributed by atoms with Crippen LogP contribution in [0.2, 0.25) is 0 Å². The van der Waals surface area contributed by atoms with Crippen molar-refractivity contribution in [2.24, 2.45) is 16.0 Å². The Labute approximate surface area is 195 Å². The van der Waals surface area contributed by atoms with Crippen LogP contribution in [-0.4, -0.2) is 64.5 Å². The van der Waals surface area contributed by atoms with E-state index in [4.69, 9.17) is 10.5 Å². The quantitative estimate of drug-likeness (QED) is 0.544. The van der Waals surface area contributed by atoms with E-state index in [0.717, 1.165) is 12.8 Å². The van der Waals surface area contributed by atoms with Gasteiger partial charge in [0.15, 0.2) is 11.7 Å². The maximum atomic E-state index is 13.2. The molecule has 1 saturated heterocycles. The maximum absolute atomic E-state index is 13.2. The molecule has 2 aliphatic heterocycles. The van der Waals surface area contributed by atoms with Gasteiger partial charge in [-0.1, -0.05) is 6.07 Å². The molecular weight excluding hydrogens is 460 g/mol. The van der Waals surface area contributed by atoms with Gasteiger partial charge in [0.1, 0.15) is 18.4 Å². The van der Waals surface area contributed by atoms with Gasteiger partial charge in [0.2, 0.25) is 0 Å². The highest BCUT2D eigenvalue weighted by molar-refractivity contribution is 7.91. The number of anilines is 1. The van der Waals surface area contributed by atoms with Gasteiger partial charge in [-0.15, -0.1) is 4.40 Å². The Hall–Kier alpha value is -4.00. The molecule has 13 heteroatoms. The van der Waals surface area contributed by atoms with Gasteiger partial charge in [0, 0.05) is 30.8 Å². The number of benzene rings is 1. The number of amides is 1. The Morgan fingerprint density at radius 1 is 1.29 bits per heavy atom. The van der Waals surface area contributed by atoms with Crippen molar-refractivity contribution in [3.63, 3.8) is 0 Å². The van der Waals surface area contributed by atoms with E-state index in [1.165, 1.54) is 17.3 Å². The summed E-state index contributed by atoms with van der Waals surface area (Å²) in [5.74, 6) is 0.853. The van der Waals surface area contributed by atoms with Crippen LogP contribution in [-0.2, 0) is 10.2 Å². The van der Waals surface area contributed by atoms with Gasteiger partial charge < -0.3 is 15.4 Å². The molecule has 1 atom stereocenters. The molecule has 0 spiro atoms. The number of hydrogen-bond acceptors (Lipinski definition) is 8. The van der Waals surface area contributed by atoms with Gasteiger partial charge in [-0.2, -0.15) is 13.5 Å². The van der Waals surface area contributed by atoms with Crippen LogP contribution < -0.4 is 15.2 Å². The van der Waals surface area contributed by atoms with Gasteiger partial charge in [-0.25, -0.2) is 14.6 Å². The number of hydrogen-bond donors (Lipinski definition) is 2. The van der Waals surface area contributed by atoms with Crippen molar-refractivity contribution < 1.29 is 17.9 Å². The minimum absolute atomic E-state index is 0.0867. The van der Waals surface area contributed by atoms with E-state index in [1.807, 2.05) is 4.90 Å². The number of rotatable bonds is 5. The predicted octanol–water partition coefficient (Wildman–Crippen LogP) is 0.969. The van der Waals surface area contributed by atoms with Crippen molar-refractivity contribution in [1.29, 1.82) is 0 Å². The van der Waals surface area contributed by atoms with Gasteiger partial charge >= 0.3 is 10.2 Å². The minimum Gasteiger partial charge on any atom is -0.492 e. The second-order valence-electron chi connectivity index (χ2n) is 8.05. The molecule has 5 rings (SSSR count). The molecule has 2 aliphatic rings. The normalized spacial score (nSPS) is 19.0. The molecule has 1 unspecified atom stereocenters. The summed E-state index contributed by atoms with van der Waals surface area (Å²) in [5.41, 5.74) is 7.15. The fraction of sp³-hybridized carbons (Fsp3) is 0.286. The van der Waals surface area contributed by atoms with Crippen molar-refractivity contribution in [1.82, 2.24) is 24.6 Å². The number of amidine groups is 1. The zero-order valence-corrected chi connectivity index (χ0v) is 18.9. The second-order valence-corrected chi connectivity index (χ2v) is 9.38. The van der Waals surface area contributed by atoms with Crippen LogP contribution in [0.5, 0.6) is 5.75 Å². The number of carbonyl (C=O) groups excluding carboxylic acids is 1. The molecule has 0 aliphatic carbocycles. The Bertz CT molecular complexity index is 1360. The number of nitrogens with two attached hydrogens (primary N) is 1. The van der Waals surface area contributed by atoms with Crippen molar-refractivity contribution in [3.05, 3.63) is 60.3 Å². The first-order valence-corrected chi connectivity index (χ1v) is 12.1. The van der Waals surface area contributed by atoms with Crippen LogP contribution in [0.25, 0.3) is 5.82 Å². The zero-order valence-electron chi connectivity index (χ0n) is 18.0. The molecule has 4 heterocycles. The number of pyridine rings is 1. The summed E-state index contributed by atoms with van der Waals surface area (Å²) in [6.07, 6.45) is 6.25. The lowest BCUT2D eigenvalue weighted by Crippen LogP contribution is -2.41. The average Bonchev–Trinajstić information content (AvgIpc) is 3.37. The Morgan fingerprint density at radius 3 is 3.00 bits per heavy atom. The third-order valence-corrected chi connectivity index (χ3v) is 6.58. The minimum atomic E-state index is -3.86. The lowest BCUT2D eigenvalue weighted by molar-refractivity contribution is 0.0633. The lowest BCUT2D eigenvalue weighted by atomic mass is 9.98. The first-order valence-electron chi connectivity index (χ1n) is 10.6. The van der Waals surface area contributed by atoms with Crippen LogP contribution in [0.1, 0.15) is 28.8 Å². The molecule has 34 heavy (non-hydrogen) atoms. The summed E-state index contributed by atoms with van der Waals surface area (Å²) >= 11 is 0. The van der Waals surface area contributed by atoms with E-state index in [9.17, 15) is 13.2 Å². The number of nitrogens with zero attached hydrogens (tertiary/aromatic N) is 6. The number of fused-ring (bicyclic) bond motifs is 1. The summed E-state index contributed by atoms with van der Waals surface area (Å²) in [6, 6.07) is 8.38. The fourth-order valence-electron chi connectivity index (χ4n) is 4.12. The molecule has 0 saturated carbocycles. The molecule has 1 fully saturated rings. The van der Waals surface area contributed by atoms with Crippen molar-refractivity contribution in [3.8, 4) is 11.6 Å². The number of likely N-dealkylation sites (tertiary alicyclic amines) is 1. The van der Waals surface area contributed by atoms with E-state index >= 15 is 0 Å². The van der Waals surface area contributed by atoms with Gasteiger partial charge in [0.05, 0.1) is 17.9 Å². The van der Waals surface area contributed by atoms with Gasteiger partial charge in [0.25, 0.3) is 5.91 Å². The average molecular weight is 483 g/mol. The number of carbonyl (C=O) groups is 1. The van der Waals surface area contributed by atoms with Crippen LogP contribution in [0.4, 0.5) is 5.69 Å². The first-order chi connectivity index (χ1) is 16.4. The summed E-state index contributed by atoms with van der Waals surface area (Å²) in [6.45, 7) is 1.53. The van der Waals surface area contributed by atoms with Crippen molar-refractivity contribution in [2.45, 2.75) is 12.8 Å². The molecule has 3 aromatic rings. The van der Waals surface area contributed by atoms with E-state index in [0.29, 0.717) is 48.1 Å². The molecule has 176 valence electrons. The molecule has 1 amide bonds. The van der Waals surface area contributed by atoms with Gasteiger partial charge in [-0.05, 0) is 37.1 Å². The van der Waals surface area contributed by atoms with Crippen molar-refractivity contribution in [2.75, 3.05) is 24.4 Å². The highest BCUT2D eigenvalue weighted by atomic mass is 32.2. The lowest BCUT2D eigenvalue weighted by Gasteiger charge is -2.33. The van der Waals surface area contributed by atoms with Crippen LogP contribution in [0.3, 0.4) is 0 Å². The van der Waals surface area contributed by atoms with E-state index < -0.39 is 10.2 Å². The Kier molecular flexibility index (Phi) is 5.61. The van der Waals surface area contributed by atoms with Crippen molar-refractivity contribution >= 4 is 27.6 Å².